The van der Waals surface area contributed by atoms with Crippen LogP contribution in [-0.4, -0.2) is 5.78 Å². The summed E-state index contributed by atoms with van der Waals surface area (Å²) >= 11 is 0. The van der Waals surface area contributed by atoms with Gasteiger partial charge >= 0.3 is 0 Å². The van der Waals surface area contributed by atoms with Gasteiger partial charge in [-0.1, -0.05) is 19.1 Å². The maximum atomic E-state index is 11.3. The molecule has 0 aromatic heterocycles. The lowest BCUT2D eigenvalue weighted by Crippen LogP contribution is -2.10. The Morgan fingerprint density at radius 2 is 2.40 bits per heavy atom. The van der Waals surface area contributed by atoms with E-state index in [1.807, 2.05) is 0 Å². The number of hydrogen-bond donors (Lipinski definition) is 0. The monoisotopic (exact) mass is 136 g/mol. The van der Waals surface area contributed by atoms with Crippen LogP contribution in [0.2, 0.25) is 0 Å². The highest BCUT2D eigenvalue weighted by atomic mass is 16.1. The Morgan fingerprint density at radius 3 is 3.00 bits per heavy atom. The first-order chi connectivity index (χ1) is 4.79. The van der Waals surface area contributed by atoms with E-state index >= 15 is 0 Å². The summed E-state index contributed by atoms with van der Waals surface area (Å²) in [5.41, 5.74) is 0. The molecule has 2 bridgehead atoms. The minimum absolute atomic E-state index is 0.309. The summed E-state index contributed by atoms with van der Waals surface area (Å²) in [4.78, 5) is 11.3. The molecule has 2 rings (SSSR count). The summed E-state index contributed by atoms with van der Waals surface area (Å²) in [6.07, 6.45) is 6.50. The van der Waals surface area contributed by atoms with Crippen LogP contribution in [0.1, 0.15) is 19.8 Å². The van der Waals surface area contributed by atoms with E-state index in [0.717, 1.165) is 12.8 Å². The van der Waals surface area contributed by atoms with Gasteiger partial charge in [-0.15, -0.1) is 0 Å². The third-order valence-electron chi connectivity index (χ3n) is 2.85. The van der Waals surface area contributed by atoms with Crippen LogP contribution in [0.3, 0.4) is 0 Å². The van der Waals surface area contributed by atoms with Crippen molar-refractivity contribution in [3.63, 3.8) is 0 Å². The largest absolute Gasteiger partial charge is 0.299 e. The molecule has 0 radical (unpaired) electrons. The molecule has 3 atom stereocenters. The molecule has 1 fully saturated rings. The summed E-state index contributed by atoms with van der Waals surface area (Å²) in [7, 11) is 0. The van der Waals surface area contributed by atoms with Gasteiger partial charge in [0.25, 0.3) is 0 Å². The number of ketones is 1. The Kier molecular flexibility index (Phi) is 1.19. The zero-order valence-electron chi connectivity index (χ0n) is 6.21. The third kappa shape index (κ3) is 0.664. The average Bonchev–Trinajstić information content (AvgIpc) is 2.17. The van der Waals surface area contributed by atoms with Crippen LogP contribution in [0.25, 0.3) is 0 Å². The van der Waals surface area contributed by atoms with Gasteiger partial charge in [-0.3, -0.25) is 4.79 Å². The molecule has 2 aliphatic rings. The van der Waals surface area contributed by atoms with Crippen molar-refractivity contribution in [2.75, 3.05) is 0 Å². The molecule has 0 spiro atoms. The number of fused-ring (bicyclic) bond motifs is 2. The van der Waals surface area contributed by atoms with Gasteiger partial charge in [0, 0.05) is 11.8 Å². The summed E-state index contributed by atoms with van der Waals surface area (Å²) in [6.45, 7) is 2.06. The van der Waals surface area contributed by atoms with Gasteiger partial charge in [0.15, 0.2) is 0 Å². The quantitative estimate of drug-likeness (QED) is 0.464. The first kappa shape index (κ1) is 6.14. The number of Topliss-reactive ketones (excluding diaryl/α,β-unsaturated/α-hetero) is 1. The van der Waals surface area contributed by atoms with E-state index in [1.54, 1.807) is 0 Å². The number of hydrogen-bond acceptors (Lipinski definition) is 1. The number of carbonyl (C=O) groups is 1. The van der Waals surface area contributed by atoms with Crippen molar-refractivity contribution in [2.45, 2.75) is 19.8 Å². The molecule has 54 valence electrons. The van der Waals surface area contributed by atoms with Crippen molar-refractivity contribution in [2.24, 2.45) is 17.8 Å². The zero-order chi connectivity index (χ0) is 7.14. The van der Waals surface area contributed by atoms with Crippen molar-refractivity contribution in [1.82, 2.24) is 0 Å². The van der Waals surface area contributed by atoms with Crippen LogP contribution in [-0.2, 0) is 4.79 Å². The molecule has 3 unspecified atom stereocenters. The average molecular weight is 136 g/mol. The van der Waals surface area contributed by atoms with E-state index in [-0.39, 0.29) is 0 Å². The minimum atomic E-state index is 0.309. The van der Waals surface area contributed by atoms with Crippen LogP contribution in [0.4, 0.5) is 0 Å². The highest BCUT2D eigenvalue weighted by Crippen LogP contribution is 2.39. The Bertz CT molecular complexity index is 189. The Hall–Kier alpha value is -0.590. The molecule has 0 saturated heterocycles. The molecule has 0 amide bonds. The van der Waals surface area contributed by atoms with Crippen molar-refractivity contribution >= 4 is 5.78 Å². The first-order valence-corrected chi connectivity index (χ1v) is 3.99. The van der Waals surface area contributed by atoms with Gasteiger partial charge in [0.05, 0.1) is 0 Å². The summed E-state index contributed by atoms with van der Waals surface area (Å²) < 4.78 is 0. The molecular formula is C9H12O. The lowest BCUT2D eigenvalue weighted by atomic mass is 9.94. The smallest absolute Gasteiger partial charge is 0.139 e. The van der Waals surface area contributed by atoms with E-state index in [9.17, 15) is 4.79 Å². The number of allylic oxidation sites excluding steroid dienone is 2. The predicted octanol–water partition coefficient (Wildman–Crippen LogP) is 1.79. The Labute approximate surface area is 61.1 Å². The van der Waals surface area contributed by atoms with Crippen molar-refractivity contribution in [3.05, 3.63) is 12.2 Å². The summed E-state index contributed by atoms with van der Waals surface area (Å²) in [6, 6.07) is 0. The zero-order valence-corrected chi connectivity index (χ0v) is 6.21. The molecule has 1 heteroatoms. The second-order valence-electron chi connectivity index (χ2n) is 3.45. The predicted molar refractivity (Wildman–Crippen MR) is 39.5 cm³/mol. The van der Waals surface area contributed by atoms with E-state index < -0.39 is 0 Å². The second-order valence-corrected chi connectivity index (χ2v) is 3.45. The van der Waals surface area contributed by atoms with E-state index in [4.69, 9.17) is 0 Å². The van der Waals surface area contributed by atoms with Crippen LogP contribution in [0, 0.1) is 17.8 Å². The van der Waals surface area contributed by atoms with Gasteiger partial charge in [-0.05, 0) is 18.8 Å². The minimum Gasteiger partial charge on any atom is -0.299 e. The molecule has 1 saturated carbocycles. The fraction of sp³-hybridized carbons (Fsp3) is 0.667. The second kappa shape index (κ2) is 1.94. The normalized spacial score (nSPS) is 44.5. The molecule has 0 aliphatic heterocycles. The molecule has 1 nitrogen and oxygen atoms in total. The van der Waals surface area contributed by atoms with Crippen LogP contribution < -0.4 is 0 Å². The van der Waals surface area contributed by atoms with Crippen LogP contribution >= 0.6 is 0 Å². The van der Waals surface area contributed by atoms with Gasteiger partial charge in [0.2, 0.25) is 0 Å². The molecule has 0 aromatic rings. The van der Waals surface area contributed by atoms with E-state index in [1.165, 1.54) is 0 Å². The first-order valence-electron chi connectivity index (χ1n) is 3.99. The highest BCUT2D eigenvalue weighted by molar-refractivity contribution is 5.86. The van der Waals surface area contributed by atoms with E-state index in [2.05, 4.69) is 19.1 Å². The van der Waals surface area contributed by atoms with Crippen molar-refractivity contribution in [1.29, 1.82) is 0 Å². The number of rotatable bonds is 0. The van der Waals surface area contributed by atoms with E-state index in [0.29, 0.717) is 23.5 Å². The lowest BCUT2D eigenvalue weighted by molar-refractivity contribution is -0.123. The maximum absolute atomic E-state index is 11.3. The topological polar surface area (TPSA) is 17.1 Å². The molecule has 10 heavy (non-hydrogen) atoms. The van der Waals surface area contributed by atoms with Gasteiger partial charge in [-0.2, -0.15) is 0 Å². The van der Waals surface area contributed by atoms with Crippen molar-refractivity contribution < 1.29 is 4.79 Å². The SMILES string of the molecule is CC1C(=O)C2CC=CC1C2. The molecule has 0 aromatic carbocycles. The van der Waals surface area contributed by atoms with Crippen LogP contribution in [0.15, 0.2) is 12.2 Å². The fourth-order valence-electron chi connectivity index (χ4n) is 2.11. The Balaban J connectivity index is 2.30. The molecular weight excluding hydrogens is 124 g/mol. The summed E-state index contributed by atoms with van der Waals surface area (Å²) in [5, 5.41) is 0. The lowest BCUT2D eigenvalue weighted by Gasteiger charge is -2.10. The summed E-state index contributed by atoms with van der Waals surface area (Å²) in [5.74, 6) is 1.76. The van der Waals surface area contributed by atoms with Crippen molar-refractivity contribution in [3.8, 4) is 0 Å². The molecule has 0 N–H and O–H groups in total. The maximum Gasteiger partial charge on any atom is 0.139 e. The fourth-order valence-corrected chi connectivity index (χ4v) is 2.11. The third-order valence-corrected chi connectivity index (χ3v) is 2.85. The highest BCUT2D eigenvalue weighted by Gasteiger charge is 2.38. The van der Waals surface area contributed by atoms with Gasteiger partial charge in [0.1, 0.15) is 5.78 Å². The number of carbonyl (C=O) groups excluding carboxylic acids is 1. The molecule has 2 aliphatic carbocycles. The van der Waals surface area contributed by atoms with Gasteiger partial charge in [-0.25, -0.2) is 0 Å². The molecule has 0 heterocycles. The Morgan fingerprint density at radius 1 is 1.60 bits per heavy atom. The van der Waals surface area contributed by atoms with Crippen LogP contribution in [0.5, 0.6) is 0 Å². The van der Waals surface area contributed by atoms with Gasteiger partial charge < -0.3 is 0 Å². The standard InChI is InChI=1S/C9H12O/c1-6-7-3-2-4-8(5-7)9(6)10/h2-3,6-8H,4-5H2,1H3.